The highest BCUT2D eigenvalue weighted by Gasteiger charge is 2.51. The Balaban J connectivity index is 1.95. The van der Waals surface area contributed by atoms with E-state index >= 15 is 0 Å². The molecule has 3 nitrogen and oxygen atoms in total. The third-order valence-corrected chi connectivity index (χ3v) is 5.47. The van der Waals surface area contributed by atoms with Gasteiger partial charge in [-0.1, -0.05) is 41.3 Å². The third kappa shape index (κ3) is 2.10. The van der Waals surface area contributed by atoms with E-state index in [1.165, 1.54) is 11.3 Å². The van der Waals surface area contributed by atoms with E-state index in [1.807, 2.05) is 25.1 Å². The number of nitrogens with zero attached hydrogens (tertiary/aromatic N) is 1. The van der Waals surface area contributed by atoms with Crippen LogP contribution in [0.25, 0.3) is 0 Å². The van der Waals surface area contributed by atoms with Crippen LogP contribution in [0.4, 0.5) is 5.69 Å². The van der Waals surface area contributed by atoms with Crippen molar-refractivity contribution < 1.29 is 9.59 Å². The summed E-state index contributed by atoms with van der Waals surface area (Å²) in [6.45, 7) is 1.99. The molecule has 1 aliphatic heterocycles. The fraction of sp³-hybridized carbons (Fsp3) is 0.500. The monoisotopic (exact) mass is 335 g/mol. The van der Waals surface area contributed by atoms with E-state index in [2.05, 4.69) is 15.9 Å². The highest BCUT2D eigenvalue weighted by atomic mass is 79.9. The Bertz CT molecular complexity index is 576. The number of hydrogen-bond acceptors (Lipinski definition) is 2. The first-order chi connectivity index (χ1) is 9.53. The van der Waals surface area contributed by atoms with Gasteiger partial charge in [0.15, 0.2) is 0 Å². The minimum absolute atomic E-state index is 0.0120. The lowest BCUT2D eigenvalue weighted by Gasteiger charge is -2.30. The molecule has 106 valence electrons. The van der Waals surface area contributed by atoms with E-state index in [0.29, 0.717) is 12.1 Å². The van der Waals surface area contributed by atoms with Gasteiger partial charge in [0.05, 0.1) is 11.1 Å². The molecule has 1 aromatic carbocycles. The number of rotatable bonds is 1. The predicted molar refractivity (Wildman–Crippen MR) is 81.5 cm³/mol. The number of hydrogen-bond donors (Lipinski definition) is 0. The molecule has 0 atom stereocenters. The molecule has 0 bridgehead atoms. The van der Waals surface area contributed by atoms with Crippen molar-refractivity contribution in [2.24, 2.45) is 5.41 Å². The fourth-order valence-corrected chi connectivity index (χ4v) is 3.76. The van der Waals surface area contributed by atoms with Crippen molar-refractivity contribution in [2.45, 2.75) is 45.4 Å². The van der Waals surface area contributed by atoms with Gasteiger partial charge in [-0.15, -0.1) is 0 Å². The molecule has 0 unspecified atom stereocenters. The van der Waals surface area contributed by atoms with Crippen molar-refractivity contribution in [3.05, 3.63) is 28.2 Å². The number of aryl methyl sites for hydroxylation is 1. The van der Waals surface area contributed by atoms with Gasteiger partial charge in [-0.2, -0.15) is 0 Å². The summed E-state index contributed by atoms with van der Waals surface area (Å²) in [5, 5.41) is 0. The molecule has 20 heavy (non-hydrogen) atoms. The normalized spacial score (nSPS) is 21.8. The first kappa shape index (κ1) is 13.8. The summed E-state index contributed by atoms with van der Waals surface area (Å²) in [6.07, 6.45) is 5.41. The van der Waals surface area contributed by atoms with Gasteiger partial charge in [0.2, 0.25) is 11.8 Å². The number of anilines is 1. The Labute approximate surface area is 127 Å². The van der Waals surface area contributed by atoms with Crippen LogP contribution in [0.2, 0.25) is 0 Å². The van der Waals surface area contributed by atoms with Gasteiger partial charge < -0.3 is 0 Å². The zero-order valence-electron chi connectivity index (χ0n) is 11.6. The molecule has 0 aromatic heterocycles. The molecule has 2 fully saturated rings. The quantitative estimate of drug-likeness (QED) is 0.728. The van der Waals surface area contributed by atoms with Crippen LogP contribution in [-0.4, -0.2) is 11.8 Å². The number of carbonyl (C=O) groups is 2. The minimum Gasteiger partial charge on any atom is -0.274 e. The van der Waals surface area contributed by atoms with E-state index in [0.717, 1.165) is 35.7 Å². The fourth-order valence-electron chi connectivity index (χ4n) is 3.40. The lowest BCUT2D eigenvalue weighted by atomic mass is 9.73. The largest absolute Gasteiger partial charge is 0.274 e. The van der Waals surface area contributed by atoms with Crippen LogP contribution in [0.1, 0.15) is 44.1 Å². The molecule has 2 amide bonds. The van der Waals surface area contributed by atoms with Gasteiger partial charge in [-0.25, -0.2) is 0 Å². The highest BCUT2D eigenvalue weighted by Crippen LogP contribution is 2.46. The molecule has 2 aliphatic rings. The van der Waals surface area contributed by atoms with Crippen molar-refractivity contribution in [2.75, 3.05) is 4.90 Å². The standard InChI is InChI=1S/C16H18BrNO2/c1-11-5-6-12(9-13(11)17)18-14(19)10-16(15(18)20)7-3-2-4-8-16/h5-6,9H,2-4,7-8,10H2,1H3. The number of halogens is 1. The molecule has 0 N–H and O–H groups in total. The van der Waals surface area contributed by atoms with E-state index in [1.54, 1.807) is 0 Å². The van der Waals surface area contributed by atoms with E-state index in [4.69, 9.17) is 0 Å². The van der Waals surface area contributed by atoms with Gasteiger partial charge in [0, 0.05) is 10.9 Å². The number of benzene rings is 1. The predicted octanol–water partition coefficient (Wildman–Crippen LogP) is 3.97. The topological polar surface area (TPSA) is 37.4 Å². The minimum atomic E-state index is -0.410. The maximum atomic E-state index is 12.8. The number of carbonyl (C=O) groups excluding carboxylic acids is 2. The molecule has 4 heteroatoms. The molecular weight excluding hydrogens is 318 g/mol. The van der Waals surface area contributed by atoms with Crippen LogP contribution < -0.4 is 4.90 Å². The Morgan fingerprint density at radius 3 is 2.50 bits per heavy atom. The molecule has 1 spiro atoms. The Morgan fingerprint density at radius 1 is 1.15 bits per heavy atom. The number of amides is 2. The molecule has 1 aliphatic carbocycles. The summed E-state index contributed by atoms with van der Waals surface area (Å²) in [5.41, 5.74) is 1.38. The molecule has 3 rings (SSSR count). The third-order valence-electron chi connectivity index (χ3n) is 4.62. The van der Waals surface area contributed by atoms with Crippen LogP contribution in [-0.2, 0) is 9.59 Å². The van der Waals surface area contributed by atoms with E-state index in [9.17, 15) is 9.59 Å². The van der Waals surface area contributed by atoms with Crippen LogP contribution in [0, 0.1) is 12.3 Å². The zero-order valence-corrected chi connectivity index (χ0v) is 13.2. The van der Waals surface area contributed by atoms with Gasteiger partial charge in [-0.3, -0.25) is 14.5 Å². The van der Waals surface area contributed by atoms with E-state index < -0.39 is 5.41 Å². The van der Waals surface area contributed by atoms with Crippen molar-refractivity contribution in [3.63, 3.8) is 0 Å². The molecule has 1 saturated carbocycles. The van der Waals surface area contributed by atoms with Gasteiger partial charge >= 0.3 is 0 Å². The van der Waals surface area contributed by atoms with Crippen LogP contribution in [0.5, 0.6) is 0 Å². The first-order valence-electron chi connectivity index (χ1n) is 7.17. The van der Waals surface area contributed by atoms with Gasteiger partial charge in [0.25, 0.3) is 0 Å². The maximum absolute atomic E-state index is 12.8. The van der Waals surface area contributed by atoms with Crippen molar-refractivity contribution in [3.8, 4) is 0 Å². The van der Waals surface area contributed by atoms with Crippen LogP contribution in [0.15, 0.2) is 22.7 Å². The molecule has 1 saturated heterocycles. The Kier molecular flexibility index (Phi) is 3.44. The van der Waals surface area contributed by atoms with Crippen LogP contribution in [0.3, 0.4) is 0 Å². The smallest absolute Gasteiger partial charge is 0.240 e. The molecule has 1 heterocycles. The summed E-state index contributed by atoms with van der Waals surface area (Å²) in [7, 11) is 0. The Hall–Kier alpha value is -1.16. The second kappa shape index (κ2) is 4.99. The lowest BCUT2D eigenvalue weighted by Crippen LogP contribution is -2.36. The van der Waals surface area contributed by atoms with Crippen molar-refractivity contribution in [1.29, 1.82) is 0 Å². The second-order valence-electron chi connectivity index (χ2n) is 5.99. The number of imide groups is 1. The Morgan fingerprint density at radius 2 is 1.85 bits per heavy atom. The highest BCUT2D eigenvalue weighted by molar-refractivity contribution is 9.10. The van der Waals surface area contributed by atoms with E-state index in [-0.39, 0.29) is 11.8 Å². The maximum Gasteiger partial charge on any atom is 0.240 e. The first-order valence-corrected chi connectivity index (χ1v) is 7.96. The summed E-state index contributed by atoms with van der Waals surface area (Å²) in [5.74, 6) is -0.0365. The van der Waals surface area contributed by atoms with Crippen molar-refractivity contribution >= 4 is 33.4 Å². The van der Waals surface area contributed by atoms with Crippen molar-refractivity contribution in [1.82, 2.24) is 0 Å². The lowest BCUT2D eigenvalue weighted by molar-refractivity contribution is -0.127. The molecule has 0 radical (unpaired) electrons. The SMILES string of the molecule is Cc1ccc(N2C(=O)CC3(CCCCC3)C2=O)cc1Br. The zero-order chi connectivity index (χ0) is 14.3. The second-order valence-corrected chi connectivity index (χ2v) is 6.84. The van der Waals surface area contributed by atoms with Gasteiger partial charge in [-0.05, 0) is 37.5 Å². The average Bonchev–Trinajstić information content (AvgIpc) is 2.66. The molecular formula is C16H18BrNO2. The summed E-state index contributed by atoms with van der Waals surface area (Å²) >= 11 is 3.47. The van der Waals surface area contributed by atoms with Gasteiger partial charge in [0.1, 0.15) is 0 Å². The average molecular weight is 336 g/mol. The summed E-state index contributed by atoms with van der Waals surface area (Å²) < 4.78 is 0.931. The summed E-state index contributed by atoms with van der Waals surface area (Å²) in [6, 6.07) is 5.66. The molecule has 1 aromatic rings. The van der Waals surface area contributed by atoms with Crippen LogP contribution >= 0.6 is 15.9 Å². The summed E-state index contributed by atoms with van der Waals surface area (Å²) in [4.78, 5) is 26.5.